The van der Waals surface area contributed by atoms with Crippen LogP contribution in [0.5, 0.6) is 0 Å². The highest BCUT2D eigenvalue weighted by Crippen LogP contribution is 2.27. The SMILES string of the molecule is CC(Nc1ccc2oc(=O)[nH]c2c1)c1ccc(F)cc1Cl. The molecule has 2 aromatic carbocycles. The molecule has 0 saturated carbocycles. The number of hydrogen-bond donors (Lipinski definition) is 2. The number of nitrogens with one attached hydrogen (secondary N) is 2. The summed E-state index contributed by atoms with van der Waals surface area (Å²) < 4.78 is 18.0. The highest BCUT2D eigenvalue weighted by Gasteiger charge is 2.11. The third kappa shape index (κ3) is 2.78. The van der Waals surface area contributed by atoms with E-state index in [-0.39, 0.29) is 11.9 Å². The van der Waals surface area contributed by atoms with Gasteiger partial charge in [0, 0.05) is 16.8 Å². The number of benzene rings is 2. The zero-order chi connectivity index (χ0) is 15.0. The summed E-state index contributed by atoms with van der Waals surface area (Å²) in [7, 11) is 0. The molecule has 3 rings (SSSR count). The third-order valence-corrected chi connectivity index (χ3v) is 3.56. The molecule has 0 bridgehead atoms. The van der Waals surface area contributed by atoms with Crippen LogP contribution in [0.3, 0.4) is 0 Å². The zero-order valence-electron chi connectivity index (χ0n) is 11.1. The van der Waals surface area contributed by atoms with Gasteiger partial charge in [-0.2, -0.15) is 0 Å². The van der Waals surface area contributed by atoms with Crippen molar-refractivity contribution < 1.29 is 8.81 Å². The van der Waals surface area contributed by atoms with Crippen molar-refractivity contribution in [2.24, 2.45) is 0 Å². The Bertz CT molecular complexity index is 856. The first-order valence-corrected chi connectivity index (χ1v) is 6.75. The molecule has 1 heterocycles. The van der Waals surface area contributed by atoms with Crippen molar-refractivity contribution in [3.8, 4) is 0 Å². The third-order valence-electron chi connectivity index (χ3n) is 3.23. The Kier molecular flexibility index (Phi) is 3.43. The van der Waals surface area contributed by atoms with Crippen LogP contribution in [-0.4, -0.2) is 4.98 Å². The first-order valence-electron chi connectivity index (χ1n) is 6.37. The van der Waals surface area contributed by atoms with Crippen LogP contribution in [0.4, 0.5) is 10.1 Å². The van der Waals surface area contributed by atoms with Crippen molar-refractivity contribution in [1.82, 2.24) is 4.98 Å². The molecule has 0 aliphatic rings. The van der Waals surface area contributed by atoms with Crippen molar-refractivity contribution in [2.45, 2.75) is 13.0 Å². The minimum absolute atomic E-state index is 0.117. The molecule has 0 spiro atoms. The lowest BCUT2D eigenvalue weighted by Gasteiger charge is -2.17. The molecule has 0 aliphatic carbocycles. The molecule has 6 heteroatoms. The quantitative estimate of drug-likeness (QED) is 0.766. The highest BCUT2D eigenvalue weighted by molar-refractivity contribution is 6.31. The first kappa shape index (κ1) is 13.7. The summed E-state index contributed by atoms with van der Waals surface area (Å²) in [6, 6.07) is 9.46. The summed E-state index contributed by atoms with van der Waals surface area (Å²) in [5, 5.41) is 3.62. The van der Waals surface area contributed by atoms with Crippen molar-refractivity contribution in [3.05, 3.63) is 63.4 Å². The summed E-state index contributed by atoms with van der Waals surface area (Å²) in [5.41, 5.74) is 2.70. The highest BCUT2D eigenvalue weighted by atomic mass is 35.5. The van der Waals surface area contributed by atoms with Gasteiger partial charge in [-0.1, -0.05) is 17.7 Å². The number of anilines is 1. The smallest absolute Gasteiger partial charge is 0.408 e. The maximum atomic E-state index is 13.1. The molecule has 0 saturated heterocycles. The summed E-state index contributed by atoms with van der Waals surface area (Å²) >= 11 is 6.05. The van der Waals surface area contributed by atoms with E-state index in [0.717, 1.165) is 11.3 Å². The maximum Gasteiger partial charge on any atom is 0.417 e. The van der Waals surface area contributed by atoms with Crippen LogP contribution in [0, 0.1) is 5.82 Å². The van der Waals surface area contributed by atoms with Gasteiger partial charge in [-0.25, -0.2) is 9.18 Å². The summed E-state index contributed by atoms with van der Waals surface area (Å²) in [4.78, 5) is 13.7. The van der Waals surface area contributed by atoms with E-state index in [2.05, 4.69) is 10.3 Å². The molecule has 21 heavy (non-hydrogen) atoms. The number of hydrogen-bond acceptors (Lipinski definition) is 3. The molecule has 0 aliphatic heterocycles. The van der Waals surface area contributed by atoms with Gasteiger partial charge in [-0.05, 0) is 42.8 Å². The van der Waals surface area contributed by atoms with Gasteiger partial charge in [0.25, 0.3) is 0 Å². The van der Waals surface area contributed by atoms with E-state index in [1.807, 2.05) is 6.92 Å². The fourth-order valence-electron chi connectivity index (χ4n) is 2.22. The molecule has 1 atom stereocenters. The Morgan fingerprint density at radius 2 is 2.10 bits per heavy atom. The van der Waals surface area contributed by atoms with Crippen LogP contribution in [0.2, 0.25) is 5.02 Å². The lowest BCUT2D eigenvalue weighted by atomic mass is 10.1. The molecule has 0 amide bonds. The van der Waals surface area contributed by atoms with Crippen molar-refractivity contribution >= 4 is 28.4 Å². The van der Waals surface area contributed by atoms with Crippen LogP contribution in [0.15, 0.2) is 45.6 Å². The fourth-order valence-corrected chi connectivity index (χ4v) is 2.55. The van der Waals surface area contributed by atoms with Gasteiger partial charge in [0.2, 0.25) is 0 Å². The molecule has 2 N–H and O–H groups in total. The number of rotatable bonds is 3. The van der Waals surface area contributed by atoms with Gasteiger partial charge >= 0.3 is 5.76 Å². The van der Waals surface area contributed by atoms with E-state index in [9.17, 15) is 9.18 Å². The number of oxazole rings is 1. The predicted octanol–water partition coefficient (Wildman–Crippen LogP) is 4.09. The van der Waals surface area contributed by atoms with E-state index in [4.69, 9.17) is 16.0 Å². The van der Waals surface area contributed by atoms with Crippen LogP contribution in [0.1, 0.15) is 18.5 Å². The van der Waals surface area contributed by atoms with Gasteiger partial charge < -0.3 is 9.73 Å². The monoisotopic (exact) mass is 306 g/mol. The average Bonchev–Trinajstić information content (AvgIpc) is 2.77. The normalized spacial score (nSPS) is 12.5. The van der Waals surface area contributed by atoms with Gasteiger partial charge in [0.1, 0.15) is 5.82 Å². The Balaban J connectivity index is 1.88. The van der Waals surface area contributed by atoms with Crippen LogP contribution in [0.25, 0.3) is 11.1 Å². The van der Waals surface area contributed by atoms with E-state index in [0.29, 0.717) is 16.1 Å². The minimum atomic E-state index is -0.489. The van der Waals surface area contributed by atoms with Gasteiger partial charge in [0.15, 0.2) is 5.58 Å². The number of halogens is 2. The Morgan fingerprint density at radius 3 is 2.86 bits per heavy atom. The molecule has 0 fully saturated rings. The maximum absolute atomic E-state index is 13.1. The summed E-state index contributed by atoms with van der Waals surface area (Å²) in [6.45, 7) is 1.92. The number of H-pyrrole nitrogens is 1. The molecule has 1 unspecified atom stereocenters. The van der Waals surface area contributed by atoms with Gasteiger partial charge in [-0.15, -0.1) is 0 Å². The van der Waals surface area contributed by atoms with Gasteiger partial charge in [-0.3, -0.25) is 4.98 Å². The van der Waals surface area contributed by atoms with E-state index in [1.165, 1.54) is 12.1 Å². The molecule has 0 radical (unpaired) electrons. The lowest BCUT2D eigenvalue weighted by molar-refractivity contribution is 0.555. The number of fused-ring (bicyclic) bond motifs is 1. The topological polar surface area (TPSA) is 58.0 Å². The van der Waals surface area contributed by atoms with Crippen molar-refractivity contribution in [3.63, 3.8) is 0 Å². The minimum Gasteiger partial charge on any atom is -0.408 e. The second-order valence-corrected chi connectivity index (χ2v) is 5.16. The number of aromatic nitrogens is 1. The molecule has 108 valence electrons. The van der Waals surface area contributed by atoms with E-state index in [1.54, 1.807) is 24.3 Å². The molecular formula is C15H12ClFN2O2. The van der Waals surface area contributed by atoms with E-state index >= 15 is 0 Å². The lowest BCUT2D eigenvalue weighted by Crippen LogP contribution is -2.07. The predicted molar refractivity (Wildman–Crippen MR) is 80.3 cm³/mol. The van der Waals surface area contributed by atoms with Crippen LogP contribution >= 0.6 is 11.6 Å². The first-order chi connectivity index (χ1) is 10.0. The summed E-state index contributed by atoms with van der Waals surface area (Å²) in [6.07, 6.45) is 0. The second-order valence-electron chi connectivity index (χ2n) is 4.76. The Labute approximate surface area is 124 Å². The number of aromatic amines is 1. The second kappa shape index (κ2) is 5.26. The van der Waals surface area contributed by atoms with Crippen LogP contribution in [-0.2, 0) is 0 Å². The van der Waals surface area contributed by atoms with E-state index < -0.39 is 5.76 Å². The molecule has 1 aromatic heterocycles. The molecular weight excluding hydrogens is 295 g/mol. The van der Waals surface area contributed by atoms with Gasteiger partial charge in [0.05, 0.1) is 5.52 Å². The Hall–Kier alpha value is -2.27. The van der Waals surface area contributed by atoms with Crippen molar-refractivity contribution in [1.29, 1.82) is 0 Å². The molecule has 3 aromatic rings. The fraction of sp³-hybridized carbons (Fsp3) is 0.133. The molecule has 4 nitrogen and oxygen atoms in total. The average molecular weight is 307 g/mol. The summed E-state index contributed by atoms with van der Waals surface area (Å²) in [5.74, 6) is -0.856. The van der Waals surface area contributed by atoms with Crippen LogP contribution < -0.4 is 11.1 Å². The zero-order valence-corrected chi connectivity index (χ0v) is 11.9. The Morgan fingerprint density at radius 1 is 1.29 bits per heavy atom. The largest absolute Gasteiger partial charge is 0.417 e. The van der Waals surface area contributed by atoms with Crippen molar-refractivity contribution in [2.75, 3.05) is 5.32 Å². The standard InChI is InChI=1S/C15H12ClFN2O2/c1-8(11-4-2-9(17)6-12(11)16)18-10-3-5-14-13(7-10)19-15(20)21-14/h2-8,18H,1H3,(H,19,20).